The highest BCUT2D eigenvalue weighted by molar-refractivity contribution is 5.76. The van der Waals surface area contributed by atoms with Crippen LogP contribution in [0.4, 0.5) is 0 Å². The summed E-state index contributed by atoms with van der Waals surface area (Å²) in [4.78, 5) is 18.5. The average Bonchev–Trinajstić information content (AvgIpc) is 2.99. The van der Waals surface area contributed by atoms with Crippen LogP contribution >= 0.6 is 0 Å². The van der Waals surface area contributed by atoms with E-state index in [4.69, 9.17) is 0 Å². The second-order valence-corrected chi connectivity index (χ2v) is 5.46. The average molecular weight is 275 g/mol. The van der Waals surface area contributed by atoms with Crippen molar-refractivity contribution in [2.75, 3.05) is 19.6 Å². The SMILES string of the molecule is CCC(NC(=O)CCCN1CCCC1)c1ccncc1. The van der Waals surface area contributed by atoms with Crippen molar-refractivity contribution in [3.63, 3.8) is 0 Å². The van der Waals surface area contributed by atoms with Gasteiger partial charge in [-0.1, -0.05) is 6.92 Å². The largest absolute Gasteiger partial charge is 0.349 e. The molecular formula is C16H25N3O. The van der Waals surface area contributed by atoms with Crippen molar-refractivity contribution in [2.24, 2.45) is 0 Å². The smallest absolute Gasteiger partial charge is 0.220 e. The first-order chi connectivity index (χ1) is 9.79. The van der Waals surface area contributed by atoms with E-state index in [-0.39, 0.29) is 11.9 Å². The van der Waals surface area contributed by atoms with Gasteiger partial charge in [0.05, 0.1) is 6.04 Å². The molecule has 20 heavy (non-hydrogen) atoms. The van der Waals surface area contributed by atoms with Crippen LogP contribution in [0.1, 0.15) is 50.6 Å². The summed E-state index contributed by atoms with van der Waals surface area (Å²) in [7, 11) is 0. The van der Waals surface area contributed by atoms with Crippen molar-refractivity contribution >= 4 is 5.91 Å². The summed E-state index contributed by atoms with van der Waals surface area (Å²) in [6.45, 7) is 5.56. The predicted molar refractivity (Wildman–Crippen MR) is 80.3 cm³/mol. The fraction of sp³-hybridized carbons (Fsp3) is 0.625. The third-order valence-electron chi connectivity index (χ3n) is 3.93. The van der Waals surface area contributed by atoms with E-state index in [0.29, 0.717) is 6.42 Å². The molecule has 0 aromatic carbocycles. The maximum atomic E-state index is 12.0. The van der Waals surface area contributed by atoms with Crippen LogP contribution < -0.4 is 5.32 Å². The Balaban J connectivity index is 1.72. The molecule has 4 heteroatoms. The lowest BCUT2D eigenvalue weighted by molar-refractivity contribution is -0.122. The number of carbonyl (C=O) groups is 1. The molecule has 0 aliphatic carbocycles. The number of carbonyl (C=O) groups excluding carboxylic acids is 1. The van der Waals surface area contributed by atoms with Gasteiger partial charge in [-0.2, -0.15) is 0 Å². The minimum atomic E-state index is 0.109. The molecule has 1 fully saturated rings. The summed E-state index contributed by atoms with van der Waals surface area (Å²) in [6, 6.07) is 4.05. The van der Waals surface area contributed by atoms with E-state index in [1.54, 1.807) is 12.4 Å². The standard InChI is InChI=1S/C16H25N3O/c1-2-15(14-7-9-17-10-8-14)18-16(20)6-5-13-19-11-3-4-12-19/h7-10,15H,2-6,11-13H2,1H3,(H,18,20). The topological polar surface area (TPSA) is 45.2 Å². The van der Waals surface area contributed by atoms with Crippen molar-refractivity contribution in [3.05, 3.63) is 30.1 Å². The second kappa shape index (κ2) is 8.00. The van der Waals surface area contributed by atoms with Gasteiger partial charge in [-0.05, 0) is 63.0 Å². The highest BCUT2D eigenvalue weighted by Gasteiger charge is 2.14. The van der Waals surface area contributed by atoms with E-state index < -0.39 is 0 Å². The Kier molecular flexibility index (Phi) is 5.99. The van der Waals surface area contributed by atoms with E-state index in [1.807, 2.05) is 12.1 Å². The lowest BCUT2D eigenvalue weighted by Gasteiger charge is -2.18. The number of hydrogen-bond acceptors (Lipinski definition) is 3. The lowest BCUT2D eigenvalue weighted by Crippen LogP contribution is -2.29. The number of likely N-dealkylation sites (tertiary alicyclic amines) is 1. The molecule has 0 radical (unpaired) electrons. The fourth-order valence-corrected chi connectivity index (χ4v) is 2.75. The number of nitrogens with one attached hydrogen (secondary N) is 1. The molecule has 1 amide bonds. The van der Waals surface area contributed by atoms with Gasteiger partial charge >= 0.3 is 0 Å². The Bertz CT molecular complexity index is 401. The maximum Gasteiger partial charge on any atom is 0.220 e. The molecule has 4 nitrogen and oxygen atoms in total. The van der Waals surface area contributed by atoms with Gasteiger partial charge in [0.1, 0.15) is 0 Å². The van der Waals surface area contributed by atoms with Crippen LogP contribution in [0.15, 0.2) is 24.5 Å². The van der Waals surface area contributed by atoms with Crippen LogP contribution in [-0.4, -0.2) is 35.4 Å². The van der Waals surface area contributed by atoms with E-state index in [0.717, 1.165) is 24.9 Å². The van der Waals surface area contributed by atoms with Crippen molar-refractivity contribution in [2.45, 2.75) is 45.1 Å². The molecule has 0 saturated carbocycles. The van der Waals surface area contributed by atoms with E-state index >= 15 is 0 Å². The molecule has 0 bridgehead atoms. The zero-order chi connectivity index (χ0) is 14.2. The molecule has 1 aromatic heterocycles. The molecule has 2 heterocycles. The number of pyridine rings is 1. The number of hydrogen-bond donors (Lipinski definition) is 1. The fourth-order valence-electron chi connectivity index (χ4n) is 2.75. The highest BCUT2D eigenvalue weighted by atomic mass is 16.1. The second-order valence-electron chi connectivity index (χ2n) is 5.46. The van der Waals surface area contributed by atoms with Crippen molar-refractivity contribution < 1.29 is 4.79 Å². The summed E-state index contributed by atoms with van der Waals surface area (Å²) < 4.78 is 0. The maximum absolute atomic E-state index is 12.0. The van der Waals surface area contributed by atoms with Gasteiger partial charge < -0.3 is 10.2 Å². The molecule has 110 valence electrons. The van der Waals surface area contributed by atoms with E-state index in [2.05, 4.69) is 22.1 Å². The quantitative estimate of drug-likeness (QED) is 0.831. The Hall–Kier alpha value is -1.42. The van der Waals surface area contributed by atoms with Crippen molar-refractivity contribution in [1.29, 1.82) is 0 Å². The zero-order valence-corrected chi connectivity index (χ0v) is 12.3. The Morgan fingerprint density at radius 3 is 2.70 bits per heavy atom. The van der Waals surface area contributed by atoms with Crippen LogP contribution in [0.25, 0.3) is 0 Å². The van der Waals surface area contributed by atoms with Gasteiger partial charge in [0, 0.05) is 18.8 Å². The summed E-state index contributed by atoms with van der Waals surface area (Å²) in [5.74, 6) is 0.160. The Morgan fingerprint density at radius 1 is 1.35 bits per heavy atom. The van der Waals surface area contributed by atoms with Crippen LogP contribution in [0.2, 0.25) is 0 Å². The van der Waals surface area contributed by atoms with Gasteiger partial charge in [-0.25, -0.2) is 0 Å². The molecule has 1 saturated heterocycles. The van der Waals surface area contributed by atoms with Gasteiger partial charge in [0.15, 0.2) is 0 Å². The van der Waals surface area contributed by atoms with Crippen LogP contribution in [-0.2, 0) is 4.79 Å². The third-order valence-corrected chi connectivity index (χ3v) is 3.93. The number of aromatic nitrogens is 1. The monoisotopic (exact) mass is 275 g/mol. The molecule has 1 unspecified atom stereocenters. The van der Waals surface area contributed by atoms with E-state index in [9.17, 15) is 4.79 Å². The van der Waals surface area contributed by atoms with E-state index in [1.165, 1.54) is 25.9 Å². The van der Waals surface area contributed by atoms with Gasteiger partial charge in [0.2, 0.25) is 5.91 Å². The predicted octanol–water partition coefficient (Wildman–Crippen LogP) is 2.52. The van der Waals surface area contributed by atoms with Crippen LogP contribution in [0, 0.1) is 0 Å². The number of amides is 1. The summed E-state index contributed by atoms with van der Waals surface area (Å²) in [5, 5.41) is 3.12. The van der Waals surface area contributed by atoms with Crippen LogP contribution in [0.5, 0.6) is 0 Å². The minimum Gasteiger partial charge on any atom is -0.349 e. The molecule has 1 aromatic rings. The molecular weight excluding hydrogens is 250 g/mol. The minimum absolute atomic E-state index is 0.109. The zero-order valence-electron chi connectivity index (χ0n) is 12.3. The summed E-state index contributed by atoms with van der Waals surface area (Å²) >= 11 is 0. The number of rotatable bonds is 7. The summed E-state index contributed by atoms with van der Waals surface area (Å²) in [6.07, 6.45) is 8.66. The van der Waals surface area contributed by atoms with Gasteiger partial charge in [0.25, 0.3) is 0 Å². The normalized spacial score (nSPS) is 17.1. The van der Waals surface area contributed by atoms with Crippen LogP contribution in [0.3, 0.4) is 0 Å². The highest BCUT2D eigenvalue weighted by Crippen LogP contribution is 2.15. The lowest BCUT2D eigenvalue weighted by atomic mass is 10.1. The summed E-state index contributed by atoms with van der Waals surface area (Å²) in [5.41, 5.74) is 1.13. The first-order valence-corrected chi connectivity index (χ1v) is 7.71. The first kappa shape index (κ1) is 15.0. The molecule has 0 spiro atoms. The first-order valence-electron chi connectivity index (χ1n) is 7.71. The molecule has 1 aliphatic heterocycles. The Morgan fingerprint density at radius 2 is 2.05 bits per heavy atom. The molecule has 1 aliphatic rings. The molecule has 2 rings (SSSR count). The number of nitrogens with zero attached hydrogens (tertiary/aromatic N) is 2. The van der Waals surface area contributed by atoms with Crippen molar-refractivity contribution in [1.82, 2.24) is 15.2 Å². The third kappa shape index (κ3) is 4.60. The van der Waals surface area contributed by atoms with Gasteiger partial charge in [-0.15, -0.1) is 0 Å². The van der Waals surface area contributed by atoms with Crippen molar-refractivity contribution in [3.8, 4) is 0 Å². The molecule has 1 N–H and O–H groups in total. The Labute approximate surface area is 121 Å². The van der Waals surface area contributed by atoms with Gasteiger partial charge in [-0.3, -0.25) is 9.78 Å². The molecule has 1 atom stereocenters.